The lowest BCUT2D eigenvalue weighted by Gasteiger charge is -2.19. The van der Waals surface area contributed by atoms with Gasteiger partial charge in [0, 0.05) is 19.4 Å². The van der Waals surface area contributed by atoms with Crippen molar-refractivity contribution >= 4 is 19.8 Å². The van der Waals surface area contributed by atoms with Gasteiger partial charge in [0.15, 0.2) is 6.10 Å². The first-order chi connectivity index (χ1) is 25.8. The topological polar surface area (TPSA) is 134 Å². The highest BCUT2D eigenvalue weighted by molar-refractivity contribution is 7.47. The van der Waals surface area contributed by atoms with Crippen LogP contribution in [0.5, 0.6) is 0 Å². The molecular weight excluding hydrogens is 689 g/mol. The molecule has 0 saturated carbocycles. The van der Waals surface area contributed by atoms with Crippen LogP contribution in [-0.4, -0.2) is 49.3 Å². The summed E-state index contributed by atoms with van der Waals surface area (Å²) in [5.41, 5.74) is 5.34. The molecule has 0 aliphatic heterocycles. The Bertz CT molecular complexity index is 928. The molecule has 3 N–H and O–H groups in total. The maximum absolute atomic E-state index is 12.5. The Kier molecular flexibility index (Phi) is 39.0. The molecular formula is C43H82NO8P. The van der Waals surface area contributed by atoms with Gasteiger partial charge in [-0.25, -0.2) is 4.57 Å². The molecule has 0 fully saturated rings. The van der Waals surface area contributed by atoms with E-state index in [-0.39, 0.29) is 38.6 Å². The highest BCUT2D eigenvalue weighted by atomic mass is 31.2. The van der Waals surface area contributed by atoms with Gasteiger partial charge in [0.2, 0.25) is 0 Å². The molecule has 0 saturated heterocycles. The van der Waals surface area contributed by atoms with E-state index in [1.54, 1.807) is 0 Å². The first-order valence-corrected chi connectivity index (χ1v) is 23.3. The summed E-state index contributed by atoms with van der Waals surface area (Å²) in [5, 5.41) is 0. The van der Waals surface area contributed by atoms with E-state index in [0.717, 1.165) is 51.4 Å². The first kappa shape index (κ1) is 51.5. The number of phosphoric acid groups is 1. The molecule has 0 aliphatic rings. The Morgan fingerprint density at radius 2 is 0.925 bits per heavy atom. The molecule has 10 heteroatoms. The van der Waals surface area contributed by atoms with E-state index < -0.39 is 26.5 Å². The van der Waals surface area contributed by atoms with Crippen molar-refractivity contribution in [1.29, 1.82) is 0 Å². The number of ether oxygens (including phenoxy) is 2. The van der Waals surface area contributed by atoms with E-state index in [1.165, 1.54) is 122 Å². The van der Waals surface area contributed by atoms with Crippen molar-refractivity contribution in [2.45, 2.75) is 213 Å². The second-order valence-corrected chi connectivity index (χ2v) is 16.0. The van der Waals surface area contributed by atoms with E-state index in [0.29, 0.717) is 6.42 Å². The van der Waals surface area contributed by atoms with Crippen molar-refractivity contribution in [3.05, 3.63) is 24.3 Å². The first-order valence-electron chi connectivity index (χ1n) is 21.8. The van der Waals surface area contributed by atoms with Gasteiger partial charge in [-0.1, -0.05) is 154 Å². The molecule has 0 aliphatic carbocycles. The second kappa shape index (κ2) is 40.2. The zero-order chi connectivity index (χ0) is 38.9. The van der Waals surface area contributed by atoms with Crippen molar-refractivity contribution in [3.63, 3.8) is 0 Å². The SMILES string of the molecule is CCCCCC/C=C\CCCCCCCC(=O)O[C@H](COC(=O)CCCCCCCCCCC/C=C\CCCCCCCC)COP(=O)(O)OCCN. The lowest BCUT2D eigenvalue weighted by Crippen LogP contribution is -2.29. The van der Waals surface area contributed by atoms with Crippen molar-refractivity contribution in [3.8, 4) is 0 Å². The number of allylic oxidation sites excluding steroid dienone is 4. The summed E-state index contributed by atoms with van der Waals surface area (Å²) in [5.74, 6) is -0.836. The molecule has 9 nitrogen and oxygen atoms in total. The molecule has 0 bridgehead atoms. The quantitative estimate of drug-likeness (QED) is 0.0269. The average molecular weight is 772 g/mol. The summed E-state index contributed by atoms with van der Waals surface area (Å²) in [6.45, 7) is 3.71. The Morgan fingerprint density at radius 1 is 0.547 bits per heavy atom. The third-order valence-corrected chi connectivity index (χ3v) is 10.3. The van der Waals surface area contributed by atoms with Gasteiger partial charge in [0.05, 0.1) is 13.2 Å². The molecule has 0 aromatic heterocycles. The van der Waals surface area contributed by atoms with Gasteiger partial charge in [0.1, 0.15) is 6.61 Å². The number of carbonyl (C=O) groups is 2. The number of rotatable bonds is 41. The molecule has 1 unspecified atom stereocenters. The monoisotopic (exact) mass is 772 g/mol. The van der Waals surface area contributed by atoms with Crippen LogP contribution >= 0.6 is 7.82 Å². The van der Waals surface area contributed by atoms with Crippen molar-refractivity contribution in [1.82, 2.24) is 0 Å². The molecule has 0 radical (unpaired) electrons. The summed E-state index contributed by atoms with van der Waals surface area (Å²) >= 11 is 0. The van der Waals surface area contributed by atoms with Crippen LogP contribution in [0.4, 0.5) is 0 Å². The fourth-order valence-corrected chi connectivity index (χ4v) is 6.80. The molecule has 0 heterocycles. The second-order valence-electron chi connectivity index (χ2n) is 14.6. The minimum atomic E-state index is -4.37. The molecule has 0 amide bonds. The molecule has 0 spiro atoms. The molecule has 312 valence electrons. The normalized spacial score (nSPS) is 13.5. The average Bonchev–Trinajstić information content (AvgIpc) is 3.14. The summed E-state index contributed by atoms with van der Waals surface area (Å²) in [6, 6.07) is 0. The lowest BCUT2D eigenvalue weighted by molar-refractivity contribution is -0.161. The molecule has 0 rings (SSSR count). The van der Waals surface area contributed by atoms with Gasteiger partial charge in [-0.2, -0.15) is 0 Å². The fraction of sp³-hybridized carbons (Fsp3) is 0.860. The zero-order valence-electron chi connectivity index (χ0n) is 34.3. The number of carbonyl (C=O) groups excluding carboxylic acids is 2. The Hall–Kier alpha value is -1.51. The number of esters is 2. The van der Waals surface area contributed by atoms with Crippen LogP contribution in [0.2, 0.25) is 0 Å². The van der Waals surface area contributed by atoms with E-state index >= 15 is 0 Å². The highest BCUT2D eigenvalue weighted by Gasteiger charge is 2.26. The number of hydrogen-bond acceptors (Lipinski definition) is 8. The van der Waals surface area contributed by atoms with Gasteiger partial charge in [-0.15, -0.1) is 0 Å². The minimum absolute atomic E-state index is 0.0528. The fourth-order valence-electron chi connectivity index (χ4n) is 6.04. The molecule has 0 aromatic rings. The van der Waals surface area contributed by atoms with Gasteiger partial charge in [-0.3, -0.25) is 18.6 Å². The Balaban J connectivity index is 4.11. The molecule has 53 heavy (non-hydrogen) atoms. The van der Waals surface area contributed by atoms with Crippen LogP contribution in [0, 0.1) is 0 Å². The van der Waals surface area contributed by atoms with Crippen LogP contribution in [0.25, 0.3) is 0 Å². The van der Waals surface area contributed by atoms with Gasteiger partial charge < -0.3 is 20.1 Å². The van der Waals surface area contributed by atoms with Gasteiger partial charge >= 0.3 is 19.8 Å². The van der Waals surface area contributed by atoms with Crippen molar-refractivity contribution < 1.29 is 37.6 Å². The Labute approximate surface area is 325 Å². The van der Waals surface area contributed by atoms with Crippen LogP contribution in [0.15, 0.2) is 24.3 Å². The maximum atomic E-state index is 12.5. The largest absolute Gasteiger partial charge is 0.472 e. The van der Waals surface area contributed by atoms with Crippen LogP contribution < -0.4 is 5.73 Å². The maximum Gasteiger partial charge on any atom is 0.472 e. The van der Waals surface area contributed by atoms with Gasteiger partial charge in [-0.05, 0) is 64.2 Å². The lowest BCUT2D eigenvalue weighted by atomic mass is 10.1. The molecule has 2 atom stereocenters. The van der Waals surface area contributed by atoms with E-state index in [2.05, 4.69) is 38.2 Å². The predicted octanol–water partition coefficient (Wildman–Crippen LogP) is 12.4. The third-order valence-electron chi connectivity index (χ3n) is 9.31. The minimum Gasteiger partial charge on any atom is -0.462 e. The number of nitrogens with two attached hydrogens (primary N) is 1. The zero-order valence-corrected chi connectivity index (χ0v) is 35.2. The standard InChI is InChI=1S/C43H82NO8P/c1-3-5-7-9-11-13-15-17-18-19-20-21-22-24-25-27-29-31-33-35-42(45)49-39-41(40-51-53(47,48)50-38-37-44)52-43(46)36-34-32-30-28-26-23-16-14-12-10-8-6-4-2/h14,16-18,41H,3-13,15,19-40,44H2,1-2H3,(H,47,48)/b16-14-,18-17-/t41-/m1/s1. The smallest absolute Gasteiger partial charge is 0.462 e. The predicted molar refractivity (Wildman–Crippen MR) is 220 cm³/mol. The van der Waals surface area contributed by atoms with E-state index in [1.807, 2.05) is 0 Å². The number of unbranched alkanes of at least 4 members (excludes halogenated alkanes) is 24. The highest BCUT2D eigenvalue weighted by Crippen LogP contribution is 2.43. The van der Waals surface area contributed by atoms with Crippen molar-refractivity contribution in [2.24, 2.45) is 5.73 Å². The van der Waals surface area contributed by atoms with Crippen molar-refractivity contribution in [2.75, 3.05) is 26.4 Å². The van der Waals surface area contributed by atoms with Gasteiger partial charge in [0.25, 0.3) is 0 Å². The summed E-state index contributed by atoms with van der Waals surface area (Å²) in [4.78, 5) is 34.8. The third kappa shape index (κ3) is 40.0. The van der Waals surface area contributed by atoms with Crippen LogP contribution in [0.1, 0.15) is 206 Å². The van der Waals surface area contributed by atoms with Crippen LogP contribution in [-0.2, 0) is 32.7 Å². The van der Waals surface area contributed by atoms with E-state index in [9.17, 15) is 19.0 Å². The number of phosphoric ester groups is 1. The van der Waals surface area contributed by atoms with E-state index in [4.69, 9.17) is 24.3 Å². The number of hydrogen-bond donors (Lipinski definition) is 2. The molecule has 0 aromatic carbocycles. The Morgan fingerprint density at radius 3 is 1.36 bits per heavy atom. The summed E-state index contributed by atoms with van der Waals surface area (Å²) < 4.78 is 32.7. The summed E-state index contributed by atoms with van der Waals surface area (Å²) in [6.07, 6.45) is 42.1. The summed E-state index contributed by atoms with van der Waals surface area (Å²) in [7, 11) is -4.37. The van der Waals surface area contributed by atoms with Crippen LogP contribution in [0.3, 0.4) is 0 Å².